The third-order valence-corrected chi connectivity index (χ3v) is 2.16. The van der Waals surface area contributed by atoms with Crippen molar-refractivity contribution in [1.82, 2.24) is 0 Å². The molecule has 0 aromatic heterocycles. The van der Waals surface area contributed by atoms with Gasteiger partial charge >= 0.3 is 0 Å². The molecular formula is C9H17NO. The summed E-state index contributed by atoms with van der Waals surface area (Å²) >= 11 is 0. The van der Waals surface area contributed by atoms with Gasteiger partial charge in [-0.1, -0.05) is 25.4 Å². The average Bonchev–Trinajstić information content (AvgIpc) is 2.33. The minimum Gasteiger partial charge on any atom is -0.389 e. The summed E-state index contributed by atoms with van der Waals surface area (Å²) in [4.78, 5) is 5.37. The molecule has 1 unspecified atom stereocenters. The minimum absolute atomic E-state index is 0.0140. The highest BCUT2D eigenvalue weighted by molar-refractivity contribution is 5.85. The molecule has 1 atom stereocenters. The predicted molar refractivity (Wildman–Crippen MR) is 46.7 cm³/mol. The fourth-order valence-corrected chi connectivity index (χ4v) is 1.52. The zero-order valence-corrected chi connectivity index (χ0v) is 7.68. The topological polar surface area (TPSA) is 21.6 Å². The molecular weight excluding hydrogens is 138 g/mol. The van der Waals surface area contributed by atoms with Crippen molar-refractivity contribution in [3.05, 3.63) is 0 Å². The second-order valence-corrected chi connectivity index (χ2v) is 3.48. The second kappa shape index (κ2) is 3.24. The van der Waals surface area contributed by atoms with E-state index in [1.807, 2.05) is 0 Å². The van der Waals surface area contributed by atoms with Crippen LogP contribution in [0.1, 0.15) is 46.5 Å². The smallest absolute Gasteiger partial charge is 0.140 e. The first kappa shape index (κ1) is 8.57. The number of hydrogen-bond donors (Lipinski definition) is 0. The van der Waals surface area contributed by atoms with Gasteiger partial charge < -0.3 is 4.84 Å². The Morgan fingerprint density at radius 2 is 2.27 bits per heavy atom. The molecule has 0 aromatic rings. The van der Waals surface area contributed by atoms with Gasteiger partial charge in [-0.3, -0.25) is 0 Å². The summed E-state index contributed by atoms with van der Waals surface area (Å²) in [5, 5.41) is 4.04. The van der Waals surface area contributed by atoms with E-state index in [4.69, 9.17) is 4.84 Å². The van der Waals surface area contributed by atoms with Crippen LogP contribution in [0.5, 0.6) is 0 Å². The van der Waals surface area contributed by atoms with Crippen molar-refractivity contribution in [2.75, 3.05) is 0 Å². The summed E-state index contributed by atoms with van der Waals surface area (Å²) in [6.07, 6.45) is 4.33. The second-order valence-electron chi connectivity index (χ2n) is 3.48. The average molecular weight is 155 g/mol. The molecule has 2 nitrogen and oxygen atoms in total. The van der Waals surface area contributed by atoms with Crippen molar-refractivity contribution < 1.29 is 4.84 Å². The molecule has 64 valence electrons. The van der Waals surface area contributed by atoms with Gasteiger partial charge in [0.25, 0.3) is 0 Å². The van der Waals surface area contributed by atoms with E-state index in [0.717, 1.165) is 19.3 Å². The van der Waals surface area contributed by atoms with Crippen LogP contribution in [0.4, 0.5) is 0 Å². The first-order chi connectivity index (χ1) is 5.20. The van der Waals surface area contributed by atoms with Crippen LogP contribution in [0.3, 0.4) is 0 Å². The van der Waals surface area contributed by atoms with Gasteiger partial charge in [-0.15, -0.1) is 0 Å². The van der Waals surface area contributed by atoms with Crippen molar-refractivity contribution in [3.8, 4) is 0 Å². The predicted octanol–water partition coefficient (Wildman–Crippen LogP) is 2.73. The van der Waals surface area contributed by atoms with Gasteiger partial charge in [0.1, 0.15) is 5.60 Å². The third kappa shape index (κ3) is 1.95. The molecule has 1 aliphatic heterocycles. The molecule has 0 saturated carbocycles. The molecule has 1 aliphatic rings. The summed E-state index contributed by atoms with van der Waals surface area (Å²) in [5.74, 6) is 0. The lowest BCUT2D eigenvalue weighted by molar-refractivity contribution is -0.0102. The van der Waals surface area contributed by atoms with Crippen LogP contribution in [0, 0.1) is 0 Å². The molecule has 0 fully saturated rings. The summed E-state index contributed by atoms with van der Waals surface area (Å²) < 4.78 is 0. The molecule has 1 rings (SSSR count). The Morgan fingerprint density at radius 1 is 1.55 bits per heavy atom. The van der Waals surface area contributed by atoms with Crippen molar-refractivity contribution >= 4 is 5.71 Å². The van der Waals surface area contributed by atoms with Gasteiger partial charge in [0.05, 0.1) is 5.71 Å². The van der Waals surface area contributed by atoms with Gasteiger partial charge in [0.2, 0.25) is 0 Å². The summed E-state index contributed by atoms with van der Waals surface area (Å²) in [5.41, 5.74) is 1.22. The monoisotopic (exact) mass is 155 g/mol. The van der Waals surface area contributed by atoms with Crippen LogP contribution in [0.15, 0.2) is 5.16 Å². The SMILES string of the molecule is CCCC1(C)CC(CC)=NO1. The van der Waals surface area contributed by atoms with Crippen molar-refractivity contribution in [2.45, 2.75) is 52.1 Å². The lowest BCUT2D eigenvalue weighted by Gasteiger charge is -2.19. The minimum atomic E-state index is 0.0140. The molecule has 2 heteroatoms. The molecule has 0 aromatic carbocycles. The Morgan fingerprint density at radius 3 is 2.73 bits per heavy atom. The lowest BCUT2D eigenvalue weighted by atomic mass is 9.94. The zero-order chi connectivity index (χ0) is 8.32. The normalized spacial score (nSPS) is 29.9. The Balaban J connectivity index is 2.43. The molecule has 0 saturated heterocycles. The maximum absolute atomic E-state index is 5.37. The highest BCUT2D eigenvalue weighted by Gasteiger charge is 2.32. The maximum atomic E-state index is 5.37. The summed E-state index contributed by atoms with van der Waals surface area (Å²) in [6, 6.07) is 0. The van der Waals surface area contributed by atoms with Gasteiger partial charge in [-0.05, 0) is 19.8 Å². The molecule has 0 spiro atoms. The maximum Gasteiger partial charge on any atom is 0.140 e. The quantitative estimate of drug-likeness (QED) is 0.614. The molecule has 1 heterocycles. The van der Waals surface area contributed by atoms with Crippen LogP contribution in [0.2, 0.25) is 0 Å². The van der Waals surface area contributed by atoms with Gasteiger partial charge in [-0.2, -0.15) is 0 Å². The molecule has 11 heavy (non-hydrogen) atoms. The van der Waals surface area contributed by atoms with E-state index in [1.165, 1.54) is 12.1 Å². The highest BCUT2D eigenvalue weighted by Crippen LogP contribution is 2.28. The lowest BCUT2D eigenvalue weighted by Crippen LogP contribution is -2.23. The van der Waals surface area contributed by atoms with Crippen molar-refractivity contribution in [2.24, 2.45) is 5.16 Å². The van der Waals surface area contributed by atoms with Gasteiger partial charge in [0.15, 0.2) is 0 Å². The Hall–Kier alpha value is -0.530. The standard InChI is InChI=1S/C9H17NO/c1-4-6-9(3)7-8(5-2)10-11-9/h4-7H2,1-3H3. The van der Waals surface area contributed by atoms with E-state index < -0.39 is 0 Å². The highest BCUT2D eigenvalue weighted by atomic mass is 16.7. The molecule has 0 bridgehead atoms. The van der Waals surface area contributed by atoms with Crippen LogP contribution in [-0.4, -0.2) is 11.3 Å². The van der Waals surface area contributed by atoms with E-state index >= 15 is 0 Å². The summed E-state index contributed by atoms with van der Waals surface area (Å²) in [6.45, 7) is 6.45. The number of hydrogen-bond acceptors (Lipinski definition) is 2. The van der Waals surface area contributed by atoms with Crippen molar-refractivity contribution in [3.63, 3.8) is 0 Å². The molecule has 0 N–H and O–H groups in total. The van der Waals surface area contributed by atoms with E-state index in [0.29, 0.717) is 0 Å². The van der Waals surface area contributed by atoms with Gasteiger partial charge in [0, 0.05) is 6.42 Å². The first-order valence-corrected chi connectivity index (χ1v) is 4.44. The van der Waals surface area contributed by atoms with Crippen molar-refractivity contribution in [1.29, 1.82) is 0 Å². The third-order valence-electron chi connectivity index (χ3n) is 2.16. The van der Waals surface area contributed by atoms with Crippen LogP contribution in [0.25, 0.3) is 0 Å². The Bertz CT molecular complexity index is 165. The van der Waals surface area contributed by atoms with Crippen LogP contribution < -0.4 is 0 Å². The molecule has 0 aliphatic carbocycles. The summed E-state index contributed by atoms with van der Waals surface area (Å²) in [7, 11) is 0. The zero-order valence-electron chi connectivity index (χ0n) is 7.68. The van der Waals surface area contributed by atoms with E-state index in [-0.39, 0.29) is 5.60 Å². The first-order valence-electron chi connectivity index (χ1n) is 4.44. The Labute approximate surface area is 68.6 Å². The molecule has 0 amide bonds. The number of oxime groups is 1. The largest absolute Gasteiger partial charge is 0.389 e. The van der Waals surface area contributed by atoms with E-state index in [9.17, 15) is 0 Å². The molecule has 0 radical (unpaired) electrons. The fraction of sp³-hybridized carbons (Fsp3) is 0.889. The number of nitrogens with zero attached hydrogens (tertiary/aromatic N) is 1. The van der Waals surface area contributed by atoms with Gasteiger partial charge in [-0.25, -0.2) is 0 Å². The Kier molecular flexibility index (Phi) is 2.53. The van der Waals surface area contributed by atoms with E-state index in [2.05, 4.69) is 25.9 Å². The fourth-order valence-electron chi connectivity index (χ4n) is 1.52. The van der Waals surface area contributed by atoms with Crippen LogP contribution in [-0.2, 0) is 4.84 Å². The number of rotatable bonds is 3. The van der Waals surface area contributed by atoms with Crippen LogP contribution >= 0.6 is 0 Å². The van der Waals surface area contributed by atoms with E-state index in [1.54, 1.807) is 0 Å².